The second-order valence-electron chi connectivity index (χ2n) is 2.25. The Bertz CT molecular complexity index is 239. The molecule has 0 spiro atoms. The van der Waals surface area contributed by atoms with Gasteiger partial charge < -0.3 is 5.11 Å². The number of benzene rings is 1. The second-order valence-corrected chi connectivity index (χ2v) is 2.25. The average molecular weight is 155 g/mol. The molecule has 11 heavy (non-hydrogen) atoms. The van der Waals surface area contributed by atoms with Crippen molar-refractivity contribution in [2.75, 3.05) is 7.05 Å². The van der Waals surface area contributed by atoms with Crippen molar-refractivity contribution in [2.45, 2.75) is 6.23 Å². The third kappa shape index (κ3) is 2.00. The van der Waals surface area contributed by atoms with Gasteiger partial charge >= 0.3 is 0 Å². The third-order valence-electron chi connectivity index (χ3n) is 1.44. The lowest BCUT2D eigenvalue weighted by atomic mass is 10.2. The van der Waals surface area contributed by atoms with E-state index in [-0.39, 0.29) is 5.82 Å². The lowest BCUT2D eigenvalue weighted by molar-refractivity contribution is 0.149. The maximum atomic E-state index is 12.5. The van der Waals surface area contributed by atoms with Crippen LogP contribution in [0.3, 0.4) is 0 Å². The van der Waals surface area contributed by atoms with Crippen molar-refractivity contribution in [1.29, 1.82) is 0 Å². The first-order valence-corrected chi connectivity index (χ1v) is 3.35. The summed E-state index contributed by atoms with van der Waals surface area (Å²) in [6, 6.07) is 5.85. The van der Waals surface area contributed by atoms with E-state index < -0.39 is 6.23 Å². The fraction of sp³-hybridized carbons (Fsp3) is 0.250. The van der Waals surface area contributed by atoms with Crippen molar-refractivity contribution in [1.82, 2.24) is 5.32 Å². The molecule has 1 unspecified atom stereocenters. The van der Waals surface area contributed by atoms with Gasteiger partial charge in [-0.2, -0.15) is 0 Å². The van der Waals surface area contributed by atoms with E-state index in [9.17, 15) is 9.50 Å². The number of hydrogen-bond donors (Lipinski definition) is 2. The summed E-state index contributed by atoms with van der Waals surface area (Å²) in [5.74, 6) is -0.336. The molecule has 0 saturated heterocycles. The molecule has 60 valence electrons. The number of hydrogen-bond acceptors (Lipinski definition) is 2. The van der Waals surface area contributed by atoms with Crippen LogP contribution in [0.4, 0.5) is 4.39 Å². The van der Waals surface area contributed by atoms with Gasteiger partial charge in [-0.3, -0.25) is 5.32 Å². The van der Waals surface area contributed by atoms with Crippen LogP contribution in [0.2, 0.25) is 0 Å². The Balaban J connectivity index is 2.86. The first kappa shape index (κ1) is 8.17. The molecular weight excluding hydrogens is 145 g/mol. The van der Waals surface area contributed by atoms with Gasteiger partial charge in [-0.1, -0.05) is 12.1 Å². The molecule has 0 saturated carbocycles. The number of rotatable bonds is 2. The lowest BCUT2D eigenvalue weighted by Gasteiger charge is -2.08. The van der Waals surface area contributed by atoms with Gasteiger partial charge in [0.05, 0.1) is 0 Å². The van der Waals surface area contributed by atoms with Crippen LogP contribution >= 0.6 is 0 Å². The summed E-state index contributed by atoms with van der Waals surface area (Å²) in [4.78, 5) is 0. The quantitative estimate of drug-likeness (QED) is 0.625. The summed E-state index contributed by atoms with van der Waals surface area (Å²) in [5, 5.41) is 11.8. The van der Waals surface area contributed by atoms with Gasteiger partial charge in [0.1, 0.15) is 12.0 Å². The van der Waals surface area contributed by atoms with E-state index in [4.69, 9.17) is 0 Å². The smallest absolute Gasteiger partial charge is 0.130 e. The molecule has 0 aliphatic heterocycles. The zero-order chi connectivity index (χ0) is 8.27. The Hall–Kier alpha value is -0.930. The molecule has 1 aromatic carbocycles. The molecule has 0 aliphatic carbocycles. The van der Waals surface area contributed by atoms with Gasteiger partial charge in [-0.05, 0) is 24.7 Å². The van der Waals surface area contributed by atoms with Crippen molar-refractivity contribution in [3.63, 3.8) is 0 Å². The largest absolute Gasteiger partial charge is 0.374 e. The summed E-state index contributed by atoms with van der Waals surface area (Å²) in [7, 11) is 1.61. The normalized spacial score (nSPS) is 13.0. The average Bonchev–Trinajstić information content (AvgIpc) is 2.03. The molecule has 0 bridgehead atoms. The standard InChI is InChI=1S/C8H10FNO/c1-10-8(11)6-3-2-4-7(9)5-6/h2-5,8,10-11H,1H3. The minimum atomic E-state index is -0.786. The Morgan fingerprint density at radius 3 is 2.82 bits per heavy atom. The van der Waals surface area contributed by atoms with Crippen LogP contribution in [0.5, 0.6) is 0 Å². The molecule has 0 heterocycles. The van der Waals surface area contributed by atoms with Gasteiger partial charge in [0.2, 0.25) is 0 Å². The van der Waals surface area contributed by atoms with E-state index in [1.54, 1.807) is 19.2 Å². The van der Waals surface area contributed by atoms with Crippen LogP contribution in [-0.2, 0) is 0 Å². The van der Waals surface area contributed by atoms with Gasteiger partial charge in [0, 0.05) is 0 Å². The van der Waals surface area contributed by atoms with Gasteiger partial charge in [0.25, 0.3) is 0 Å². The minimum absolute atomic E-state index is 0.336. The summed E-state index contributed by atoms with van der Waals surface area (Å²) in [5.41, 5.74) is 0.535. The minimum Gasteiger partial charge on any atom is -0.374 e. The molecular formula is C8H10FNO. The van der Waals surface area contributed by atoms with Gasteiger partial charge in [0.15, 0.2) is 0 Å². The molecule has 0 radical (unpaired) electrons. The van der Waals surface area contributed by atoms with Crippen molar-refractivity contribution in [3.8, 4) is 0 Å². The zero-order valence-corrected chi connectivity index (χ0v) is 6.21. The van der Waals surface area contributed by atoms with Crippen LogP contribution in [0.25, 0.3) is 0 Å². The van der Waals surface area contributed by atoms with Crippen molar-refractivity contribution in [3.05, 3.63) is 35.6 Å². The van der Waals surface area contributed by atoms with E-state index in [0.29, 0.717) is 5.56 Å². The summed E-state index contributed by atoms with van der Waals surface area (Å²) >= 11 is 0. The fourth-order valence-electron chi connectivity index (χ4n) is 0.843. The molecule has 1 aromatic rings. The van der Waals surface area contributed by atoms with Crippen molar-refractivity contribution in [2.24, 2.45) is 0 Å². The molecule has 1 atom stereocenters. The number of halogens is 1. The maximum Gasteiger partial charge on any atom is 0.130 e. The fourth-order valence-corrected chi connectivity index (χ4v) is 0.843. The highest BCUT2D eigenvalue weighted by Gasteiger charge is 2.03. The molecule has 0 fully saturated rings. The van der Waals surface area contributed by atoms with Gasteiger partial charge in [-0.25, -0.2) is 4.39 Å². The topological polar surface area (TPSA) is 32.3 Å². The van der Waals surface area contributed by atoms with Crippen LogP contribution in [0.15, 0.2) is 24.3 Å². The number of aliphatic hydroxyl groups excluding tert-OH is 1. The maximum absolute atomic E-state index is 12.5. The van der Waals surface area contributed by atoms with Gasteiger partial charge in [-0.15, -0.1) is 0 Å². The Morgan fingerprint density at radius 2 is 2.27 bits per heavy atom. The molecule has 2 N–H and O–H groups in total. The first-order valence-electron chi connectivity index (χ1n) is 3.35. The molecule has 1 rings (SSSR count). The van der Waals surface area contributed by atoms with Crippen LogP contribution < -0.4 is 5.32 Å². The highest BCUT2D eigenvalue weighted by Crippen LogP contribution is 2.09. The van der Waals surface area contributed by atoms with E-state index in [1.165, 1.54) is 12.1 Å². The molecule has 0 aliphatic rings. The lowest BCUT2D eigenvalue weighted by Crippen LogP contribution is -2.15. The Morgan fingerprint density at radius 1 is 1.55 bits per heavy atom. The summed E-state index contributed by atoms with van der Waals surface area (Å²) in [6.07, 6.45) is -0.786. The van der Waals surface area contributed by atoms with Crippen molar-refractivity contribution >= 4 is 0 Å². The van der Waals surface area contributed by atoms with E-state index in [0.717, 1.165) is 0 Å². The summed E-state index contributed by atoms with van der Waals surface area (Å²) < 4.78 is 12.5. The van der Waals surface area contributed by atoms with Crippen LogP contribution in [0, 0.1) is 5.82 Å². The highest BCUT2D eigenvalue weighted by atomic mass is 19.1. The molecule has 2 nitrogen and oxygen atoms in total. The van der Waals surface area contributed by atoms with E-state index in [2.05, 4.69) is 5.32 Å². The predicted octanol–water partition coefficient (Wildman–Crippen LogP) is 1.04. The highest BCUT2D eigenvalue weighted by molar-refractivity contribution is 5.17. The molecule has 3 heteroatoms. The second kappa shape index (κ2) is 3.46. The Labute approximate surface area is 64.7 Å². The predicted molar refractivity (Wildman–Crippen MR) is 40.4 cm³/mol. The van der Waals surface area contributed by atoms with Crippen LogP contribution in [-0.4, -0.2) is 12.2 Å². The molecule has 0 aromatic heterocycles. The van der Waals surface area contributed by atoms with Crippen LogP contribution in [0.1, 0.15) is 11.8 Å². The first-order chi connectivity index (χ1) is 5.24. The number of aliphatic hydroxyl groups is 1. The monoisotopic (exact) mass is 155 g/mol. The van der Waals surface area contributed by atoms with Crippen molar-refractivity contribution < 1.29 is 9.50 Å². The third-order valence-corrected chi connectivity index (χ3v) is 1.44. The Kier molecular flexibility index (Phi) is 2.57. The number of nitrogens with one attached hydrogen (secondary N) is 1. The SMILES string of the molecule is CNC(O)c1cccc(F)c1. The zero-order valence-electron chi connectivity index (χ0n) is 6.21. The molecule has 0 amide bonds. The van der Waals surface area contributed by atoms with E-state index >= 15 is 0 Å². The summed E-state index contributed by atoms with van der Waals surface area (Å²) in [6.45, 7) is 0. The van der Waals surface area contributed by atoms with E-state index in [1.807, 2.05) is 0 Å².